The molecular weight excluding hydrogens is 201 g/mol. The maximum Gasteiger partial charge on any atom is 0.123 e. The van der Waals surface area contributed by atoms with E-state index in [-0.39, 0.29) is 11.9 Å². The molecule has 0 aliphatic carbocycles. The van der Waals surface area contributed by atoms with Gasteiger partial charge in [0, 0.05) is 12.1 Å². The molecule has 0 spiro atoms. The van der Waals surface area contributed by atoms with Gasteiger partial charge in [0.15, 0.2) is 0 Å². The zero-order valence-electron chi connectivity index (χ0n) is 10.5. The van der Waals surface area contributed by atoms with Gasteiger partial charge in [0.2, 0.25) is 0 Å². The minimum Gasteiger partial charge on any atom is -0.308 e. The molecule has 2 heteroatoms. The summed E-state index contributed by atoms with van der Waals surface area (Å²) in [6.45, 7) is 6.53. The van der Waals surface area contributed by atoms with Crippen LogP contribution in [0.3, 0.4) is 0 Å². The summed E-state index contributed by atoms with van der Waals surface area (Å²) in [7, 11) is 0. The Balaban J connectivity index is 2.45. The highest BCUT2D eigenvalue weighted by Crippen LogP contribution is 2.14. The molecule has 0 amide bonds. The normalized spacial score (nSPS) is 14.8. The second-order valence-corrected chi connectivity index (χ2v) is 4.48. The average molecular weight is 223 g/mol. The van der Waals surface area contributed by atoms with E-state index in [9.17, 15) is 4.39 Å². The third-order valence-electron chi connectivity index (χ3n) is 2.90. The molecule has 0 radical (unpaired) electrons. The lowest BCUT2D eigenvalue weighted by Gasteiger charge is -2.20. The Labute approximate surface area is 98.1 Å². The number of nitrogens with one attached hydrogen (secondary N) is 1. The predicted molar refractivity (Wildman–Crippen MR) is 66.9 cm³/mol. The number of benzene rings is 1. The van der Waals surface area contributed by atoms with Gasteiger partial charge in [0.1, 0.15) is 5.82 Å². The lowest BCUT2D eigenvalue weighted by atomic mass is 10.1. The van der Waals surface area contributed by atoms with Gasteiger partial charge in [-0.25, -0.2) is 4.39 Å². The molecule has 16 heavy (non-hydrogen) atoms. The molecule has 0 bridgehead atoms. The number of hydrogen-bond donors (Lipinski definition) is 1. The first-order valence-corrected chi connectivity index (χ1v) is 6.15. The number of halogens is 1. The zero-order valence-corrected chi connectivity index (χ0v) is 10.5. The SMILES string of the molecule is CCCCC(C)N[C@H](C)c1ccc(F)cc1. The van der Waals surface area contributed by atoms with Gasteiger partial charge in [0.25, 0.3) is 0 Å². The Bertz CT molecular complexity index is 294. The summed E-state index contributed by atoms with van der Waals surface area (Å²) >= 11 is 0. The molecule has 1 aromatic rings. The summed E-state index contributed by atoms with van der Waals surface area (Å²) in [4.78, 5) is 0. The van der Waals surface area contributed by atoms with Gasteiger partial charge in [-0.2, -0.15) is 0 Å². The molecule has 1 unspecified atom stereocenters. The van der Waals surface area contributed by atoms with Crippen LogP contribution in [-0.4, -0.2) is 6.04 Å². The van der Waals surface area contributed by atoms with E-state index < -0.39 is 0 Å². The minimum atomic E-state index is -0.171. The predicted octanol–water partition coefficient (Wildman–Crippen LogP) is 4.06. The Morgan fingerprint density at radius 2 is 1.81 bits per heavy atom. The second-order valence-electron chi connectivity index (χ2n) is 4.48. The second kappa shape index (κ2) is 6.64. The maximum atomic E-state index is 12.8. The van der Waals surface area contributed by atoms with Crippen LogP contribution < -0.4 is 5.32 Å². The topological polar surface area (TPSA) is 12.0 Å². The Kier molecular flexibility index (Phi) is 5.47. The Morgan fingerprint density at radius 3 is 2.38 bits per heavy atom. The summed E-state index contributed by atoms with van der Waals surface area (Å²) in [5, 5.41) is 3.53. The van der Waals surface area contributed by atoms with Gasteiger partial charge in [-0.1, -0.05) is 31.9 Å². The third-order valence-corrected chi connectivity index (χ3v) is 2.90. The molecule has 1 nitrogen and oxygen atoms in total. The van der Waals surface area contributed by atoms with Crippen LogP contribution >= 0.6 is 0 Å². The van der Waals surface area contributed by atoms with Crippen molar-refractivity contribution in [3.05, 3.63) is 35.6 Å². The number of unbranched alkanes of at least 4 members (excludes halogenated alkanes) is 1. The summed E-state index contributed by atoms with van der Waals surface area (Å²) in [6, 6.07) is 7.53. The largest absolute Gasteiger partial charge is 0.308 e. The van der Waals surface area contributed by atoms with Crippen LogP contribution in [0.2, 0.25) is 0 Å². The van der Waals surface area contributed by atoms with Gasteiger partial charge in [-0.05, 0) is 38.0 Å². The number of rotatable bonds is 6. The average Bonchev–Trinajstić information content (AvgIpc) is 2.27. The first-order valence-electron chi connectivity index (χ1n) is 6.15. The van der Waals surface area contributed by atoms with Crippen molar-refractivity contribution in [2.75, 3.05) is 0 Å². The molecule has 0 saturated carbocycles. The van der Waals surface area contributed by atoms with Crippen LogP contribution in [0, 0.1) is 5.82 Å². The van der Waals surface area contributed by atoms with Gasteiger partial charge in [-0.3, -0.25) is 0 Å². The van der Waals surface area contributed by atoms with Gasteiger partial charge in [0.05, 0.1) is 0 Å². The van der Waals surface area contributed by atoms with Crippen molar-refractivity contribution in [1.29, 1.82) is 0 Å². The molecule has 1 rings (SSSR count). The van der Waals surface area contributed by atoms with Crippen LogP contribution in [0.5, 0.6) is 0 Å². The van der Waals surface area contributed by atoms with Gasteiger partial charge < -0.3 is 5.32 Å². The lowest BCUT2D eigenvalue weighted by molar-refractivity contribution is 0.444. The van der Waals surface area contributed by atoms with E-state index in [1.165, 1.54) is 31.4 Å². The van der Waals surface area contributed by atoms with Crippen LogP contribution in [0.15, 0.2) is 24.3 Å². The fraction of sp³-hybridized carbons (Fsp3) is 0.571. The van der Waals surface area contributed by atoms with Crippen molar-refractivity contribution in [2.45, 2.75) is 52.1 Å². The Morgan fingerprint density at radius 1 is 1.19 bits per heavy atom. The molecule has 1 N–H and O–H groups in total. The Hall–Kier alpha value is -0.890. The highest BCUT2D eigenvalue weighted by molar-refractivity contribution is 5.19. The lowest BCUT2D eigenvalue weighted by Crippen LogP contribution is -2.28. The van der Waals surface area contributed by atoms with Crippen LogP contribution in [0.1, 0.15) is 51.6 Å². The molecule has 1 aromatic carbocycles. The highest BCUT2D eigenvalue weighted by Gasteiger charge is 2.08. The van der Waals surface area contributed by atoms with E-state index in [0.29, 0.717) is 6.04 Å². The molecule has 0 saturated heterocycles. The molecule has 90 valence electrons. The first-order chi connectivity index (χ1) is 7.63. The van der Waals surface area contributed by atoms with Crippen molar-refractivity contribution < 1.29 is 4.39 Å². The molecule has 0 fully saturated rings. The molecule has 0 aromatic heterocycles. The molecule has 0 heterocycles. The summed E-state index contributed by atoms with van der Waals surface area (Å²) < 4.78 is 12.8. The van der Waals surface area contributed by atoms with Crippen molar-refractivity contribution >= 4 is 0 Å². The summed E-state index contributed by atoms with van der Waals surface area (Å²) in [5.41, 5.74) is 1.14. The van der Waals surface area contributed by atoms with E-state index in [1.807, 2.05) is 12.1 Å². The zero-order chi connectivity index (χ0) is 12.0. The van der Waals surface area contributed by atoms with Gasteiger partial charge in [-0.15, -0.1) is 0 Å². The van der Waals surface area contributed by atoms with Crippen LogP contribution in [0.25, 0.3) is 0 Å². The van der Waals surface area contributed by atoms with E-state index >= 15 is 0 Å². The van der Waals surface area contributed by atoms with E-state index in [1.54, 1.807) is 0 Å². The van der Waals surface area contributed by atoms with E-state index in [2.05, 4.69) is 26.1 Å². The van der Waals surface area contributed by atoms with Crippen LogP contribution in [-0.2, 0) is 0 Å². The summed E-state index contributed by atoms with van der Waals surface area (Å²) in [5.74, 6) is -0.171. The highest BCUT2D eigenvalue weighted by atomic mass is 19.1. The number of hydrogen-bond acceptors (Lipinski definition) is 1. The fourth-order valence-corrected chi connectivity index (χ4v) is 1.87. The van der Waals surface area contributed by atoms with Crippen molar-refractivity contribution in [1.82, 2.24) is 5.32 Å². The van der Waals surface area contributed by atoms with Crippen LogP contribution in [0.4, 0.5) is 4.39 Å². The molecule has 0 aliphatic rings. The summed E-state index contributed by atoms with van der Waals surface area (Å²) in [6.07, 6.45) is 3.68. The van der Waals surface area contributed by atoms with E-state index in [0.717, 1.165) is 5.56 Å². The quantitative estimate of drug-likeness (QED) is 0.767. The van der Waals surface area contributed by atoms with Crippen molar-refractivity contribution in [2.24, 2.45) is 0 Å². The maximum absolute atomic E-state index is 12.8. The molecule has 0 aliphatic heterocycles. The standard InChI is InChI=1S/C14H22FN/c1-4-5-6-11(2)16-12(3)13-7-9-14(15)10-8-13/h7-12,16H,4-6H2,1-3H3/t11?,12-/m1/s1. The first kappa shape index (κ1) is 13.2. The van der Waals surface area contributed by atoms with Crippen molar-refractivity contribution in [3.63, 3.8) is 0 Å². The van der Waals surface area contributed by atoms with Crippen molar-refractivity contribution in [3.8, 4) is 0 Å². The molecular formula is C14H22FN. The minimum absolute atomic E-state index is 0.171. The smallest absolute Gasteiger partial charge is 0.123 e. The molecule has 2 atom stereocenters. The fourth-order valence-electron chi connectivity index (χ4n) is 1.87. The van der Waals surface area contributed by atoms with E-state index in [4.69, 9.17) is 0 Å². The monoisotopic (exact) mass is 223 g/mol. The van der Waals surface area contributed by atoms with Gasteiger partial charge >= 0.3 is 0 Å². The third kappa shape index (κ3) is 4.31.